The number of aromatic hydroxyl groups is 3. The lowest BCUT2D eigenvalue weighted by Gasteiger charge is -2.12. The summed E-state index contributed by atoms with van der Waals surface area (Å²) in [6, 6.07) is 8.09. The maximum atomic E-state index is 12.6. The predicted molar refractivity (Wildman–Crippen MR) is 98.3 cm³/mol. The van der Waals surface area contributed by atoms with Crippen molar-refractivity contribution in [3.8, 4) is 28.6 Å². The van der Waals surface area contributed by atoms with E-state index in [0.717, 1.165) is 0 Å². The molecule has 1 atom stereocenters. The van der Waals surface area contributed by atoms with Gasteiger partial charge in [-0.05, 0) is 43.3 Å². The predicted octanol–water partition coefficient (Wildman–Crippen LogP) is 2.24. The van der Waals surface area contributed by atoms with E-state index in [-0.39, 0.29) is 28.2 Å². The Balaban J connectivity index is 2.11. The first-order chi connectivity index (χ1) is 13.2. The molecule has 0 bridgehead atoms. The van der Waals surface area contributed by atoms with E-state index in [0.29, 0.717) is 5.56 Å². The standard InChI is InChI=1S/C19H15NO8/c1-8(19(26)27)18(25)20-11-6-7-12-13(14(11)22)15(23)16(24)17(28-12)9-2-4-10(21)5-3-9/h2-8,21-22,24H,1H3,(H,20,25)(H,26,27). The Hall–Kier alpha value is -4.01. The van der Waals surface area contributed by atoms with Gasteiger partial charge in [0.2, 0.25) is 17.1 Å². The van der Waals surface area contributed by atoms with Crippen LogP contribution in [-0.2, 0) is 9.59 Å². The van der Waals surface area contributed by atoms with Crippen molar-refractivity contribution in [2.24, 2.45) is 5.92 Å². The van der Waals surface area contributed by atoms with Gasteiger partial charge in [-0.25, -0.2) is 0 Å². The van der Waals surface area contributed by atoms with E-state index in [9.17, 15) is 29.7 Å². The summed E-state index contributed by atoms with van der Waals surface area (Å²) in [7, 11) is 0. The van der Waals surface area contributed by atoms with Gasteiger partial charge in [-0.3, -0.25) is 14.4 Å². The molecule has 0 saturated heterocycles. The Bertz CT molecular complexity index is 1150. The average Bonchev–Trinajstić information content (AvgIpc) is 2.66. The van der Waals surface area contributed by atoms with Gasteiger partial charge in [0.25, 0.3) is 0 Å². The molecule has 3 rings (SSSR count). The second kappa shape index (κ2) is 6.95. The number of hydrogen-bond donors (Lipinski definition) is 5. The monoisotopic (exact) mass is 385 g/mol. The van der Waals surface area contributed by atoms with Crippen molar-refractivity contribution in [3.63, 3.8) is 0 Å². The molecule has 0 aliphatic heterocycles. The van der Waals surface area contributed by atoms with Crippen LogP contribution in [0.4, 0.5) is 5.69 Å². The van der Waals surface area contributed by atoms with Crippen LogP contribution in [0.3, 0.4) is 0 Å². The lowest BCUT2D eigenvalue weighted by Crippen LogP contribution is -2.27. The van der Waals surface area contributed by atoms with Gasteiger partial charge in [-0.15, -0.1) is 0 Å². The molecule has 28 heavy (non-hydrogen) atoms. The number of carboxylic acid groups (broad SMARTS) is 1. The van der Waals surface area contributed by atoms with Gasteiger partial charge in [-0.2, -0.15) is 0 Å². The number of carbonyl (C=O) groups excluding carboxylic acids is 1. The maximum absolute atomic E-state index is 12.6. The van der Waals surface area contributed by atoms with Crippen LogP contribution < -0.4 is 10.7 Å². The molecule has 0 spiro atoms. The fraction of sp³-hybridized carbons (Fsp3) is 0.105. The molecule has 0 aliphatic rings. The molecule has 0 radical (unpaired) electrons. The maximum Gasteiger partial charge on any atom is 0.315 e. The van der Waals surface area contributed by atoms with Gasteiger partial charge in [0, 0.05) is 5.56 Å². The molecule has 2 aromatic carbocycles. The number of anilines is 1. The Morgan fingerprint density at radius 1 is 1.00 bits per heavy atom. The van der Waals surface area contributed by atoms with Crippen LogP contribution in [0.1, 0.15) is 6.92 Å². The molecule has 5 N–H and O–H groups in total. The smallest absolute Gasteiger partial charge is 0.315 e. The highest BCUT2D eigenvalue weighted by atomic mass is 16.4. The van der Waals surface area contributed by atoms with E-state index in [4.69, 9.17) is 9.52 Å². The van der Waals surface area contributed by atoms with Crippen molar-refractivity contribution in [2.45, 2.75) is 6.92 Å². The Labute approximate surface area is 157 Å². The number of benzene rings is 2. The summed E-state index contributed by atoms with van der Waals surface area (Å²) in [6.07, 6.45) is 0. The van der Waals surface area contributed by atoms with Crippen LogP contribution in [0.25, 0.3) is 22.3 Å². The summed E-state index contributed by atoms with van der Waals surface area (Å²) >= 11 is 0. The van der Waals surface area contributed by atoms with E-state index >= 15 is 0 Å². The van der Waals surface area contributed by atoms with Gasteiger partial charge >= 0.3 is 5.97 Å². The summed E-state index contributed by atoms with van der Waals surface area (Å²) in [5.74, 6) is -5.23. The van der Waals surface area contributed by atoms with Gasteiger partial charge in [0.05, 0.1) is 5.69 Å². The summed E-state index contributed by atoms with van der Waals surface area (Å²) in [5, 5.41) is 40.7. The van der Waals surface area contributed by atoms with Crippen molar-refractivity contribution in [1.82, 2.24) is 0 Å². The zero-order chi connectivity index (χ0) is 20.6. The summed E-state index contributed by atoms with van der Waals surface area (Å²) in [4.78, 5) is 35.3. The number of fused-ring (bicyclic) bond motifs is 1. The number of rotatable bonds is 4. The normalized spacial score (nSPS) is 11.9. The lowest BCUT2D eigenvalue weighted by atomic mass is 10.1. The van der Waals surface area contributed by atoms with Crippen LogP contribution in [0.15, 0.2) is 45.6 Å². The van der Waals surface area contributed by atoms with Crippen molar-refractivity contribution < 1.29 is 34.4 Å². The fourth-order valence-corrected chi connectivity index (χ4v) is 2.52. The van der Waals surface area contributed by atoms with Crippen molar-refractivity contribution >= 4 is 28.5 Å². The number of carboxylic acids is 1. The van der Waals surface area contributed by atoms with E-state index in [2.05, 4.69) is 5.32 Å². The number of amides is 1. The van der Waals surface area contributed by atoms with Crippen molar-refractivity contribution in [1.29, 1.82) is 0 Å². The first kappa shape index (κ1) is 18.8. The summed E-state index contributed by atoms with van der Waals surface area (Å²) in [5.41, 5.74) is -0.881. The van der Waals surface area contributed by atoms with Crippen molar-refractivity contribution in [2.75, 3.05) is 5.32 Å². The summed E-state index contributed by atoms with van der Waals surface area (Å²) < 4.78 is 5.53. The summed E-state index contributed by atoms with van der Waals surface area (Å²) in [6.45, 7) is 1.17. The number of aliphatic carboxylic acids is 1. The molecule has 144 valence electrons. The number of phenols is 2. The topological polar surface area (TPSA) is 157 Å². The second-order valence-corrected chi connectivity index (χ2v) is 6.04. The molecule has 3 aromatic rings. The molecular formula is C19H15NO8. The molecule has 9 heteroatoms. The van der Waals surface area contributed by atoms with Crippen LogP contribution in [-0.4, -0.2) is 32.3 Å². The van der Waals surface area contributed by atoms with E-state index in [1.54, 1.807) is 0 Å². The van der Waals surface area contributed by atoms with E-state index in [1.165, 1.54) is 43.3 Å². The highest BCUT2D eigenvalue weighted by molar-refractivity contribution is 6.06. The van der Waals surface area contributed by atoms with Crippen LogP contribution in [0.2, 0.25) is 0 Å². The zero-order valence-corrected chi connectivity index (χ0v) is 14.5. The first-order valence-electron chi connectivity index (χ1n) is 8.05. The number of hydrogen-bond acceptors (Lipinski definition) is 7. The molecule has 0 aliphatic carbocycles. The largest absolute Gasteiger partial charge is 0.508 e. The zero-order valence-electron chi connectivity index (χ0n) is 14.5. The third kappa shape index (κ3) is 3.20. The molecular weight excluding hydrogens is 370 g/mol. The molecule has 1 unspecified atom stereocenters. The minimum Gasteiger partial charge on any atom is -0.508 e. The van der Waals surface area contributed by atoms with Crippen LogP contribution in [0, 0.1) is 5.92 Å². The molecule has 0 saturated carbocycles. The lowest BCUT2D eigenvalue weighted by molar-refractivity contribution is -0.144. The van der Waals surface area contributed by atoms with E-state index < -0.39 is 34.7 Å². The minimum absolute atomic E-state index is 0.0139. The number of phenolic OH excluding ortho intramolecular Hbond substituents is 2. The molecule has 1 aromatic heterocycles. The van der Waals surface area contributed by atoms with Gasteiger partial charge in [0.1, 0.15) is 22.6 Å². The molecule has 0 fully saturated rings. The molecule has 9 nitrogen and oxygen atoms in total. The SMILES string of the molecule is CC(C(=O)O)C(=O)Nc1ccc2oc(-c3ccc(O)cc3)c(O)c(=O)c2c1O. The highest BCUT2D eigenvalue weighted by Gasteiger charge is 2.24. The second-order valence-electron chi connectivity index (χ2n) is 6.04. The number of carbonyl (C=O) groups is 2. The van der Waals surface area contributed by atoms with E-state index in [1.807, 2.05) is 0 Å². The number of nitrogens with one attached hydrogen (secondary N) is 1. The third-order valence-electron chi connectivity index (χ3n) is 4.16. The fourth-order valence-electron chi connectivity index (χ4n) is 2.52. The molecule has 1 heterocycles. The Morgan fingerprint density at radius 3 is 2.25 bits per heavy atom. The molecule has 1 amide bonds. The van der Waals surface area contributed by atoms with Crippen molar-refractivity contribution in [3.05, 3.63) is 46.6 Å². The van der Waals surface area contributed by atoms with Crippen LogP contribution >= 0.6 is 0 Å². The Morgan fingerprint density at radius 2 is 1.64 bits per heavy atom. The first-order valence-corrected chi connectivity index (χ1v) is 8.05. The quantitative estimate of drug-likeness (QED) is 0.338. The third-order valence-corrected chi connectivity index (χ3v) is 4.16. The highest BCUT2D eigenvalue weighted by Crippen LogP contribution is 2.36. The Kier molecular flexibility index (Phi) is 4.66. The van der Waals surface area contributed by atoms with Crippen LogP contribution in [0.5, 0.6) is 17.2 Å². The average molecular weight is 385 g/mol. The van der Waals surface area contributed by atoms with Gasteiger partial charge in [0.15, 0.2) is 11.5 Å². The minimum atomic E-state index is -1.38. The van der Waals surface area contributed by atoms with Gasteiger partial charge < -0.3 is 30.2 Å². The van der Waals surface area contributed by atoms with Gasteiger partial charge in [-0.1, -0.05) is 0 Å².